The molecule has 1 aliphatic rings. The standard InChI is InChI=1S/C21H26N2O3S/c1-2-21(24)22-16-18-8-4-5-9-20(18)17-10-12-19(13-11-17)27(25,26)23-14-6-3-7-15-23/h4-5,8-13H,2-3,6-7,14-16H2,1H3,(H,22,24). The number of nitrogens with zero attached hydrogens (tertiary/aromatic N) is 1. The van der Waals surface area contributed by atoms with Crippen LogP contribution in [0.4, 0.5) is 0 Å². The predicted octanol–water partition coefficient (Wildman–Crippen LogP) is 3.55. The normalized spacial score (nSPS) is 15.4. The molecule has 0 unspecified atom stereocenters. The van der Waals surface area contributed by atoms with Gasteiger partial charge in [0.25, 0.3) is 0 Å². The van der Waals surface area contributed by atoms with Gasteiger partial charge in [0.15, 0.2) is 0 Å². The number of sulfonamides is 1. The fourth-order valence-corrected chi connectivity index (χ4v) is 4.85. The molecule has 0 radical (unpaired) electrons. The number of rotatable bonds is 6. The Morgan fingerprint density at radius 3 is 2.33 bits per heavy atom. The van der Waals surface area contributed by atoms with Crippen molar-refractivity contribution in [2.75, 3.05) is 13.1 Å². The molecule has 1 saturated heterocycles. The summed E-state index contributed by atoms with van der Waals surface area (Å²) in [4.78, 5) is 11.9. The zero-order chi connectivity index (χ0) is 19.3. The second-order valence-electron chi connectivity index (χ2n) is 6.78. The number of hydrogen-bond acceptors (Lipinski definition) is 3. The molecular weight excluding hydrogens is 360 g/mol. The van der Waals surface area contributed by atoms with Gasteiger partial charge in [-0.25, -0.2) is 8.42 Å². The maximum absolute atomic E-state index is 12.8. The van der Waals surface area contributed by atoms with Crippen LogP contribution in [-0.4, -0.2) is 31.7 Å². The highest BCUT2D eigenvalue weighted by atomic mass is 32.2. The molecule has 1 amide bonds. The maximum Gasteiger partial charge on any atom is 0.243 e. The molecule has 0 spiro atoms. The average molecular weight is 387 g/mol. The minimum atomic E-state index is -3.42. The second kappa shape index (κ2) is 8.67. The molecule has 6 heteroatoms. The first-order valence-corrected chi connectivity index (χ1v) is 10.9. The van der Waals surface area contributed by atoms with Gasteiger partial charge in [-0.15, -0.1) is 0 Å². The summed E-state index contributed by atoms with van der Waals surface area (Å²) < 4.78 is 27.2. The minimum Gasteiger partial charge on any atom is -0.352 e. The highest BCUT2D eigenvalue weighted by Gasteiger charge is 2.25. The van der Waals surface area contributed by atoms with Crippen molar-refractivity contribution in [1.82, 2.24) is 9.62 Å². The third-order valence-corrected chi connectivity index (χ3v) is 6.85. The lowest BCUT2D eigenvalue weighted by atomic mass is 10.00. The largest absolute Gasteiger partial charge is 0.352 e. The van der Waals surface area contributed by atoms with Crippen LogP contribution in [-0.2, 0) is 21.4 Å². The highest BCUT2D eigenvalue weighted by molar-refractivity contribution is 7.89. The molecule has 1 aliphatic heterocycles. The van der Waals surface area contributed by atoms with Gasteiger partial charge in [0.2, 0.25) is 15.9 Å². The number of carbonyl (C=O) groups excluding carboxylic acids is 1. The molecular formula is C21H26N2O3S. The molecule has 2 aromatic carbocycles. The van der Waals surface area contributed by atoms with Gasteiger partial charge in [-0.3, -0.25) is 4.79 Å². The molecule has 1 fully saturated rings. The lowest BCUT2D eigenvalue weighted by molar-refractivity contribution is -0.120. The minimum absolute atomic E-state index is 0.00720. The van der Waals surface area contributed by atoms with Crippen LogP contribution in [0.5, 0.6) is 0 Å². The summed E-state index contributed by atoms with van der Waals surface area (Å²) >= 11 is 0. The van der Waals surface area contributed by atoms with Crippen molar-refractivity contribution in [3.8, 4) is 11.1 Å². The van der Waals surface area contributed by atoms with Crippen molar-refractivity contribution in [2.45, 2.75) is 44.0 Å². The summed E-state index contributed by atoms with van der Waals surface area (Å²) in [6, 6.07) is 14.9. The van der Waals surface area contributed by atoms with E-state index in [1.165, 1.54) is 0 Å². The number of nitrogens with one attached hydrogen (secondary N) is 1. The van der Waals surface area contributed by atoms with E-state index in [0.29, 0.717) is 31.0 Å². The summed E-state index contributed by atoms with van der Waals surface area (Å²) in [6.07, 6.45) is 3.39. The molecule has 1 heterocycles. The monoisotopic (exact) mass is 386 g/mol. The molecule has 1 N–H and O–H groups in total. The third-order valence-electron chi connectivity index (χ3n) is 4.93. The van der Waals surface area contributed by atoms with E-state index in [4.69, 9.17) is 0 Å². The number of hydrogen-bond donors (Lipinski definition) is 1. The first kappa shape index (κ1) is 19.6. The van der Waals surface area contributed by atoms with Gasteiger partial charge in [0.1, 0.15) is 0 Å². The summed E-state index contributed by atoms with van der Waals surface area (Å²) in [6.45, 7) is 3.48. The number of carbonyl (C=O) groups is 1. The van der Waals surface area contributed by atoms with Crippen LogP contribution in [0, 0.1) is 0 Å². The van der Waals surface area contributed by atoms with Gasteiger partial charge in [-0.1, -0.05) is 49.7 Å². The van der Waals surface area contributed by atoms with Crippen LogP contribution < -0.4 is 5.32 Å². The van der Waals surface area contributed by atoms with Crippen LogP contribution in [0.25, 0.3) is 11.1 Å². The van der Waals surface area contributed by atoms with E-state index in [2.05, 4.69) is 5.32 Å². The Morgan fingerprint density at radius 1 is 1.00 bits per heavy atom. The smallest absolute Gasteiger partial charge is 0.243 e. The zero-order valence-corrected chi connectivity index (χ0v) is 16.5. The van der Waals surface area contributed by atoms with Crippen LogP contribution in [0.2, 0.25) is 0 Å². The molecule has 0 bridgehead atoms. The van der Waals surface area contributed by atoms with Gasteiger partial charge in [0.05, 0.1) is 4.90 Å². The summed E-state index contributed by atoms with van der Waals surface area (Å²) in [5, 5.41) is 2.90. The lowest BCUT2D eigenvalue weighted by Gasteiger charge is -2.25. The van der Waals surface area contributed by atoms with E-state index in [0.717, 1.165) is 36.0 Å². The Bertz CT molecular complexity index is 886. The van der Waals surface area contributed by atoms with E-state index in [-0.39, 0.29) is 5.91 Å². The molecule has 0 atom stereocenters. The van der Waals surface area contributed by atoms with Gasteiger partial charge in [-0.2, -0.15) is 4.31 Å². The Labute approximate surface area is 161 Å². The van der Waals surface area contributed by atoms with Gasteiger partial charge in [-0.05, 0) is 41.7 Å². The lowest BCUT2D eigenvalue weighted by Crippen LogP contribution is -2.35. The summed E-state index contributed by atoms with van der Waals surface area (Å²) in [5.74, 6) is 0.00720. The number of benzene rings is 2. The van der Waals surface area contributed by atoms with Crippen LogP contribution in [0.15, 0.2) is 53.4 Å². The summed E-state index contributed by atoms with van der Waals surface area (Å²) in [5.41, 5.74) is 2.94. The third kappa shape index (κ3) is 4.57. The maximum atomic E-state index is 12.8. The molecule has 0 saturated carbocycles. The SMILES string of the molecule is CCC(=O)NCc1ccccc1-c1ccc(S(=O)(=O)N2CCCCC2)cc1. The molecule has 2 aromatic rings. The molecule has 5 nitrogen and oxygen atoms in total. The van der Waals surface area contributed by atoms with E-state index in [1.54, 1.807) is 16.4 Å². The van der Waals surface area contributed by atoms with Crippen molar-refractivity contribution in [3.63, 3.8) is 0 Å². The van der Waals surface area contributed by atoms with Crippen molar-refractivity contribution in [1.29, 1.82) is 0 Å². The molecule has 0 aromatic heterocycles. The van der Waals surface area contributed by atoms with Crippen LogP contribution >= 0.6 is 0 Å². The van der Waals surface area contributed by atoms with Gasteiger partial charge < -0.3 is 5.32 Å². The second-order valence-corrected chi connectivity index (χ2v) is 8.71. The fourth-order valence-electron chi connectivity index (χ4n) is 3.34. The quantitative estimate of drug-likeness (QED) is 0.826. The topological polar surface area (TPSA) is 66.5 Å². The van der Waals surface area contributed by atoms with E-state index < -0.39 is 10.0 Å². The Balaban J connectivity index is 1.82. The zero-order valence-electron chi connectivity index (χ0n) is 15.6. The van der Waals surface area contributed by atoms with Crippen molar-refractivity contribution in [2.24, 2.45) is 0 Å². The highest BCUT2D eigenvalue weighted by Crippen LogP contribution is 2.27. The first-order chi connectivity index (χ1) is 13.0. The van der Waals surface area contributed by atoms with Crippen LogP contribution in [0.1, 0.15) is 38.2 Å². The van der Waals surface area contributed by atoms with Gasteiger partial charge >= 0.3 is 0 Å². The Kier molecular flexibility index (Phi) is 6.29. The van der Waals surface area contributed by atoms with Crippen molar-refractivity contribution >= 4 is 15.9 Å². The average Bonchev–Trinajstić information content (AvgIpc) is 2.73. The molecule has 0 aliphatic carbocycles. The molecule has 144 valence electrons. The van der Waals surface area contributed by atoms with E-state index in [9.17, 15) is 13.2 Å². The van der Waals surface area contributed by atoms with Crippen molar-refractivity contribution in [3.05, 3.63) is 54.1 Å². The Morgan fingerprint density at radius 2 is 1.67 bits per heavy atom. The first-order valence-electron chi connectivity index (χ1n) is 9.47. The fraction of sp³-hybridized carbons (Fsp3) is 0.381. The number of piperidine rings is 1. The Hall–Kier alpha value is -2.18. The predicted molar refractivity (Wildman–Crippen MR) is 107 cm³/mol. The van der Waals surface area contributed by atoms with E-state index >= 15 is 0 Å². The van der Waals surface area contributed by atoms with Gasteiger partial charge in [0, 0.05) is 26.1 Å². The number of amides is 1. The van der Waals surface area contributed by atoms with Crippen molar-refractivity contribution < 1.29 is 13.2 Å². The van der Waals surface area contributed by atoms with E-state index in [1.807, 2.05) is 43.3 Å². The molecule has 3 rings (SSSR count). The van der Waals surface area contributed by atoms with Crippen LogP contribution in [0.3, 0.4) is 0 Å². The molecule has 27 heavy (non-hydrogen) atoms. The summed E-state index contributed by atoms with van der Waals surface area (Å²) in [7, 11) is -3.42.